The zero-order valence-electron chi connectivity index (χ0n) is 24.4. The fraction of sp³-hybridized carbons (Fsp3) is 0. The second-order valence-corrected chi connectivity index (χ2v) is 11.5. The molecule has 10 rings (SSSR count). The summed E-state index contributed by atoms with van der Waals surface area (Å²) in [6.45, 7) is 0. The molecule has 46 heavy (non-hydrogen) atoms. The zero-order chi connectivity index (χ0) is 30.2. The SMILES string of the molecule is c1ccc2cc(-c3nc(-c4cccc5oc6cccnc6c45)nc(-n4c5ccccc5c5c6ccccc6ccc54)n3)ccc2c1. The predicted octanol–water partition coefficient (Wildman–Crippen LogP) is 9.90. The lowest BCUT2D eigenvalue weighted by molar-refractivity contribution is 0.668. The highest BCUT2D eigenvalue weighted by Crippen LogP contribution is 2.38. The summed E-state index contributed by atoms with van der Waals surface area (Å²) in [4.78, 5) is 20.2. The third kappa shape index (κ3) is 3.64. The molecule has 0 unspecified atom stereocenters. The van der Waals surface area contributed by atoms with E-state index < -0.39 is 0 Å². The van der Waals surface area contributed by atoms with E-state index in [9.17, 15) is 0 Å². The van der Waals surface area contributed by atoms with Crippen molar-refractivity contribution < 1.29 is 4.42 Å². The summed E-state index contributed by atoms with van der Waals surface area (Å²) in [6.07, 6.45) is 1.79. The number of hydrogen-bond donors (Lipinski definition) is 0. The molecule has 0 bridgehead atoms. The molecule has 0 saturated heterocycles. The number of aromatic nitrogens is 5. The van der Waals surface area contributed by atoms with Gasteiger partial charge < -0.3 is 4.42 Å². The highest BCUT2D eigenvalue weighted by molar-refractivity contribution is 6.21. The van der Waals surface area contributed by atoms with Gasteiger partial charge >= 0.3 is 0 Å². The molecule has 4 heterocycles. The van der Waals surface area contributed by atoms with Crippen LogP contribution in [0, 0.1) is 0 Å². The number of benzene rings is 6. The minimum atomic E-state index is 0.549. The maximum atomic E-state index is 6.20. The van der Waals surface area contributed by atoms with E-state index in [0.717, 1.165) is 60.4 Å². The molecule has 6 aromatic carbocycles. The van der Waals surface area contributed by atoms with Crippen LogP contribution in [0.1, 0.15) is 0 Å². The first-order valence-electron chi connectivity index (χ1n) is 15.2. The smallest absolute Gasteiger partial charge is 0.238 e. The molecule has 0 amide bonds. The lowest BCUT2D eigenvalue weighted by atomic mass is 10.0. The van der Waals surface area contributed by atoms with Gasteiger partial charge in [0.05, 0.1) is 16.4 Å². The van der Waals surface area contributed by atoms with E-state index >= 15 is 0 Å². The number of rotatable bonds is 3. The lowest BCUT2D eigenvalue weighted by Gasteiger charge is -2.12. The second-order valence-electron chi connectivity index (χ2n) is 11.5. The average molecular weight is 590 g/mol. The van der Waals surface area contributed by atoms with Crippen LogP contribution >= 0.6 is 0 Å². The first-order valence-corrected chi connectivity index (χ1v) is 15.2. The van der Waals surface area contributed by atoms with Crippen molar-refractivity contribution in [2.75, 3.05) is 0 Å². The number of furan rings is 1. The minimum absolute atomic E-state index is 0.549. The number of fused-ring (bicyclic) bond motifs is 9. The normalized spacial score (nSPS) is 11.9. The lowest BCUT2D eigenvalue weighted by Crippen LogP contribution is -2.06. The molecule has 0 saturated carbocycles. The molecule has 0 radical (unpaired) electrons. The third-order valence-electron chi connectivity index (χ3n) is 8.89. The van der Waals surface area contributed by atoms with Crippen molar-refractivity contribution in [1.29, 1.82) is 0 Å². The third-order valence-corrected chi connectivity index (χ3v) is 8.89. The van der Waals surface area contributed by atoms with E-state index in [4.69, 9.17) is 19.4 Å². The Hall–Kier alpha value is -6.40. The van der Waals surface area contributed by atoms with Crippen LogP contribution in [0.2, 0.25) is 0 Å². The molecular formula is C40H23N5O. The highest BCUT2D eigenvalue weighted by Gasteiger charge is 2.21. The first-order chi connectivity index (χ1) is 22.8. The Balaban J connectivity index is 1.32. The Morgan fingerprint density at radius 2 is 1.26 bits per heavy atom. The fourth-order valence-corrected chi connectivity index (χ4v) is 6.82. The first kappa shape index (κ1) is 25.0. The van der Waals surface area contributed by atoms with Crippen molar-refractivity contribution >= 4 is 65.4 Å². The quantitative estimate of drug-likeness (QED) is 0.205. The number of pyridine rings is 1. The molecular weight excluding hydrogens is 566 g/mol. The Morgan fingerprint density at radius 3 is 2.20 bits per heavy atom. The van der Waals surface area contributed by atoms with E-state index in [-0.39, 0.29) is 0 Å². The van der Waals surface area contributed by atoms with E-state index in [2.05, 4.69) is 113 Å². The van der Waals surface area contributed by atoms with Gasteiger partial charge in [0, 0.05) is 28.1 Å². The number of nitrogens with zero attached hydrogens (tertiary/aromatic N) is 5. The van der Waals surface area contributed by atoms with Crippen molar-refractivity contribution in [3.63, 3.8) is 0 Å². The molecule has 4 aromatic heterocycles. The fourth-order valence-electron chi connectivity index (χ4n) is 6.82. The van der Waals surface area contributed by atoms with Gasteiger partial charge in [0.2, 0.25) is 5.95 Å². The van der Waals surface area contributed by atoms with Crippen LogP contribution in [0.15, 0.2) is 144 Å². The summed E-state index contributed by atoms with van der Waals surface area (Å²) in [6, 6.07) is 45.8. The molecule has 0 atom stereocenters. The monoisotopic (exact) mass is 589 g/mol. The van der Waals surface area contributed by atoms with Crippen LogP contribution in [0.3, 0.4) is 0 Å². The number of para-hydroxylation sites is 1. The van der Waals surface area contributed by atoms with Gasteiger partial charge in [-0.05, 0) is 57.9 Å². The van der Waals surface area contributed by atoms with Crippen molar-refractivity contribution in [2.24, 2.45) is 0 Å². The van der Waals surface area contributed by atoms with Gasteiger partial charge in [-0.15, -0.1) is 0 Å². The molecule has 214 valence electrons. The summed E-state index contributed by atoms with van der Waals surface area (Å²) < 4.78 is 8.36. The molecule has 0 N–H and O–H groups in total. The van der Waals surface area contributed by atoms with Crippen LogP contribution in [-0.4, -0.2) is 24.5 Å². The van der Waals surface area contributed by atoms with Crippen LogP contribution < -0.4 is 0 Å². The van der Waals surface area contributed by atoms with Gasteiger partial charge in [-0.3, -0.25) is 9.55 Å². The zero-order valence-corrected chi connectivity index (χ0v) is 24.4. The molecule has 0 spiro atoms. The van der Waals surface area contributed by atoms with E-state index in [1.165, 1.54) is 16.2 Å². The van der Waals surface area contributed by atoms with Gasteiger partial charge in [0.1, 0.15) is 11.1 Å². The molecule has 6 heteroatoms. The summed E-state index contributed by atoms with van der Waals surface area (Å²) >= 11 is 0. The van der Waals surface area contributed by atoms with Crippen molar-refractivity contribution in [3.8, 4) is 28.7 Å². The minimum Gasteiger partial charge on any atom is -0.454 e. The van der Waals surface area contributed by atoms with Crippen molar-refractivity contribution in [1.82, 2.24) is 24.5 Å². The summed E-state index contributed by atoms with van der Waals surface area (Å²) in [7, 11) is 0. The summed E-state index contributed by atoms with van der Waals surface area (Å²) in [5, 5.41) is 7.88. The Morgan fingerprint density at radius 1 is 0.500 bits per heavy atom. The van der Waals surface area contributed by atoms with Gasteiger partial charge in [0.15, 0.2) is 17.2 Å². The van der Waals surface area contributed by atoms with Crippen molar-refractivity contribution in [2.45, 2.75) is 0 Å². The topological polar surface area (TPSA) is 69.6 Å². The van der Waals surface area contributed by atoms with Gasteiger partial charge in [-0.1, -0.05) is 97.1 Å². The van der Waals surface area contributed by atoms with E-state index in [1.54, 1.807) is 6.20 Å². The highest BCUT2D eigenvalue weighted by atomic mass is 16.3. The second kappa shape index (κ2) is 9.55. The van der Waals surface area contributed by atoms with E-state index in [0.29, 0.717) is 17.6 Å². The summed E-state index contributed by atoms with van der Waals surface area (Å²) in [5.41, 5.74) is 6.07. The van der Waals surface area contributed by atoms with Crippen LogP contribution in [-0.2, 0) is 0 Å². The molecule has 0 aliphatic heterocycles. The Kier molecular flexibility index (Phi) is 5.19. The predicted molar refractivity (Wildman–Crippen MR) is 185 cm³/mol. The maximum absolute atomic E-state index is 6.20. The van der Waals surface area contributed by atoms with Crippen LogP contribution in [0.25, 0.3) is 94.1 Å². The molecule has 6 nitrogen and oxygen atoms in total. The summed E-state index contributed by atoms with van der Waals surface area (Å²) in [5.74, 6) is 1.70. The standard InChI is InChI=1S/C40H23N5O/c1-2-11-26-23-27(19-18-24(26)9-1)38-42-39(30-14-7-16-33-36(30)37-34(46-33)17-8-22-41-37)44-40(43-38)45-31-15-6-5-13-29(31)35-28-12-4-3-10-25(28)20-21-32(35)45/h1-23H. The van der Waals surface area contributed by atoms with E-state index in [1.807, 2.05) is 30.3 Å². The number of hydrogen-bond acceptors (Lipinski definition) is 5. The van der Waals surface area contributed by atoms with Gasteiger partial charge in [-0.2, -0.15) is 9.97 Å². The Bertz CT molecular complexity index is 2830. The van der Waals surface area contributed by atoms with Crippen LogP contribution in [0.4, 0.5) is 0 Å². The van der Waals surface area contributed by atoms with Gasteiger partial charge in [-0.25, -0.2) is 4.98 Å². The molecule has 0 aliphatic carbocycles. The average Bonchev–Trinajstić information content (AvgIpc) is 3.67. The van der Waals surface area contributed by atoms with Gasteiger partial charge in [0.25, 0.3) is 0 Å². The largest absolute Gasteiger partial charge is 0.454 e. The Labute approximate surface area is 262 Å². The molecule has 0 fully saturated rings. The van der Waals surface area contributed by atoms with Crippen molar-refractivity contribution in [3.05, 3.63) is 140 Å². The van der Waals surface area contributed by atoms with Crippen LogP contribution in [0.5, 0.6) is 0 Å². The maximum Gasteiger partial charge on any atom is 0.238 e. The molecule has 10 aromatic rings. The molecule has 0 aliphatic rings.